The van der Waals surface area contributed by atoms with Crippen molar-refractivity contribution in [3.8, 4) is 22.6 Å². The molecule has 0 bridgehead atoms. The lowest BCUT2D eigenvalue weighted by molar-refractivity contribution is -0.140. The van der Waals surface area contributed by atoms with Crippen molar-refractivity contribution in [3.63, 3.8) is 0 Å². The smallest absolute Gasteiger partial charge is 0.314 e. The Bertz CT molecular complexity index is 1180. The van der Waals surface area contributed by atoms with Crippen molar-refractivity contribution in [3.05, 3.63) is 46.5 Å². The van der Waals surface area contributed by atoms with Gasteiger partial charge in [-0.05, 0) is 38.0 Å². The maximum absolute atomic E-state index is 15.0. The second-order valence-electron chi connectivity index (χ2n) is 10.8. The van der Waals surface area contributed by atoms with Crippen LogP contribution in [0.1, 0.15) is 97.3 Å². The maximum atomic E-state index is 15.0. The highest BCUT2D eigenvalue weighted by Crippen LogP contribution is 2.42. The van der Waals surface area contributed by atoms with E-state index < -0.39 is 81.1 Å². The largest absolute Gasteiger partial charge is 0.487 e. The first kappa shape index (κ1) is 33.6. The number of benzene rings is 2. The van der Waals surface area contributed by atoms with E-state index in [4.69, 9.17) is 4.74 Å². The molecule has 1 aliphatic rings. The van der Waals surface area contributed by atoms with Crippen molar-refractivity contribution >= 4 is 5.97 Å². The quantitative estimate of drug-likeness (QED) is 0.0704. The lowest BCUT2D eigenvalue weighted by Crippen LogP contribution is -2.26. The first-order chi connectivity index (χ1) is 20.0. The van der Waals surface area contributed by atoms with Crippen LogP contribution in [0, 0.1) is 58.4 Å². The van der Waals surface area contributed by atoms with Crippen molar-refractivity contribution in [1.29, 1.82) is 0 Å². The van der Waals surface area contributed by atoms with Crippen LogP contribution < -0.4 is 9.47 Å². The molecule has 0 unspecified atom stereocenters. The second kappa shape index (κ2) is 15.6. The number of hydrogen-bond donors (Lipinski definition) is 0. The van der Waals surface area contributed by atoms with Crippen LogP contribution in [0.4, 0.5) is 35.1 Å². The van der Waals surface area contributed by atoms with Gasteiger partial charge >= 0.3 is 5.97 Å². The summed E-state index contributed by atoms with van der Waals surface area (Å²) in [4.78, 5) is 12.5. The van der Waals surface area contributed by atoms with E-state index in [9.17, 15) is 39.9 Å². The van der Waals surface area contributed by atoms with Gasteiger partial charge in [-0.1, -0.05) is 65.2 Å². The summed E-state index contributed by atoms with van der Waals surface area (Å²) >= 11 is 0. The molecule has 234 valence electrons. The highest BCUT2D eigenvalue weighted by Gasteiger charge is 2.37. The lowest BCUT2D eigenvalue weighted by atomic mass is 9.80. The average molecular weight is 609 g/mol. The Kier molecular flexibility index (Phi) is 12.5. The fourth-order valence-electron chi connectivity index (χ4n) is 5.30. The van der Waals surface area contributed by atoms with Gasteiger partial charge < -0.3 is 9.47 Å². The van der Waals surface area contributed by atoms with Crippen molar-refractivity contribution in [1.82, 2.24) is 0 Å². The molecule has 0 amide bonds. The monoisotopic (exact) mass is 608 g/mol. The van der Waals surface area contributed by atoms with E-state index in [1.54, 1.807) is 0 Å². The Hall–Kier alpha value is -2.85. The minimum atomic E-state index is -2.39. The van der Waals surface area contributed by atoms with Gasteiger partial charge in [-0.25, -0.2) is 17.6 Å². The summed E-state index contributed by atoms with van der Waals surface area (Å²) < 4.78 is 128. The number of halogens is 8. The molecule has 0 saturated heterocycles. The SMILES string of the molecule is CCCCCCCCOc1c(F)c(F)c(-c2c(F)c(F)c(OC(=O)C3CCC(CCCC)CC3)c(F)c2F)c(F)c1F. The van der Waals surface area contributed by atoms with Gasteiger partial charge in [0.2, 0.25) is 29.0 Å². The Morgan fingerprint density at radius 2 is 1.05 bits per heavy atom. The number of ether oxygens (including phenoxy) is 2. The van der Waals surface area contributed by atoms with Gasteiger partial charge in [0.1, 0.15) is 0 Å². The molecule has 1 fully saturated rings. The predicted octanol–water partition coefficient (Wildman–Crippen LogP) is 10.1. The number of carbonyl (C=O) groups excluding carboxylic acids is 1. The van der Waals surface area contributed by atoms with Crippen LogP contribution in [0.5, 0.6) is 11.5 Å². The third kappa shape index (κ3) is 7.56. The van der Waals surface area contributed by atoms with E-state index in [-0.39, 0.29) is 6.61 Å². The summed E-state index contributed by atoms with van der Waals surface area (Å²) in [5, 5.41) is 0. The Morgan fingerprint density at radius 3 is 1.55 bits per heavy atom. The summed E-state index contributed by atoms with van der Waals surface area (Å²) in [6.07, 6.45) is 9.71. The highest BCUT2D eigenvalue weighted by molar-refractivity contribution is 5.76. The second-order valence-corrected chi connectivity index (χ2v) is 10.8. The van der Waals surface area contributed by atoms with Gasteiger partial charge in [0.05, 0.1) is 23.7 Å². The van der Waals surface area contributed by atoms with Crippen LogP contribution in [0.3, 0.4) is 0 Å². The molecule has 0 heterocycles. The predicted molar refractivity (Wildman–Crippen MR) is 141 cm³/mol. The van der Waals surface area contributed by atoms with Crippen LogP contribution in [-0.2, 0) is 4.79 Å². The summed E-state index contributed by atoms with van der Waals surface area (Å²) in [7, 11) is 0. The molecule has 2 aromatic carbocycles. The average Bonchev–Trinajstić information content (AvgIpc) is 2.99. The van der Waals surface area contributed by atoms with Crippen LogP contribution >= 0.6 is 0 Å². The van der Waals surface area contributed by atoms with Crippen molar-refractivity contribution in [2.45, 2.75) is 97.3 Å². The first-order valence-electron chi connectivity index (χ1n) is 14.6. The molecule has 1 saturated carbocycles. The third-order valence-electron chi connectivity index (χ3n) is 7.79. The van der Waals surface area contributed by atoms with Gasteiger partial charge in [-0.3, -0.25) is 4.79 Å². The Balaban J connectivity index is 1.83. The summed E-state index contributed by atoms with van der Waals surface area (Å²) in [5.41, 5.74) is -4.04. The zero-order chi connectivity index (χ0) is 31.0. The third-order valence-corrected chi connectivity index (χ3v) is 7.79. The lowest BCUT2D eigenvalue weighted by Gasteiger charge is -2.27. The Morgan fingerprint density at radius 1 is 0.595 bits per heavy atom. The first-order valence-corrected chi connectivity index (χ1v) is 14.6. The molecule has 11 heteroatoms. The van der Waals surface area contributed by atoms with Crippen LogP contribution in [-0.4, -0.2) is 12.6 Å². The normalized spacial score (nSPS) is 17.0. The molecule has 42 heavy (non-hydrogen) atoms. The number of hydrogen-bond acceptors (Lipinski definition) is 3. The van der Waals surface area contributed by atoms with E-state index >= 15 is 0 Å². The van der Waals surface area contributed by atoms with E-state index in [0.717, 1.165) is 44.9 Å². The van der Waals surface area contributed by atoms with Gasteiger partial charge in [0.15, 0.2) is 29.0 Å². The molecule has 2 aromatic rings. The van der Waals surface area contributed by atoms with Crippen LogP contribution in [0.15, 0.2) is 0 Å². The van der Waals surface area contributed by atoms with Crippen molar-refractivity contribution < 1.29 is 49.4 Å². The van der Waals surface area contributed by atoms with E-state index in [2.05, 4.69) is 4.74 Å². The van der Waals surface area contributed by atoms with Crippen molar-refractivity contribution in [2.24, 2.45) is 11.8 Å². The van der Waals surface area contributed by atoms with Crippen LogP contribution in [0.25, 0.3) is 11.1 Å². The molecule has 3 nitrogen and oxygen atoms in total. The van der Waals surface area contributed by atoms with Gasteiger partial charge in [0.25, 0.3) is 0 Å². The number of carbonyl (C=O) groups is 1. The number of rotatable bonds is 14. The Labute approximate surface area is 240 Å². The molecular formula is C31H36F8O3. The van der Waals surface area contributed by atoms with E-state index in [0.29, 0.717) is 44.4 Å². The number of unbranched alkanes of at least 4 members (excludes halogenated alkanes) is 6. The summed E-state index contributed by atoms with van der Waals surface area (Å²) in [6.45, 7) is 3.77. The molecule has 0 atom stereocenters. The minimum absolute atomic E-state index is 0.301. The van der Waals surface area contributed by atoms with E-state index in [1.807, 2.05) is 13.8 Å². The fraction of sp³-hybridized carbons (Fsp3) is 0.581. The molecule has 0 N–H and O–H groups in total. The molecule has 0 radical (unpaired) electrons. The van der Waals surface area contributed by atoms with Gasteiger partial charge in [-0.15, -0.1) is 0 Å². The topological polar surface area (TPSA) is 35.5 Å². The van der Waals surface area contributed by atoms with E-state index in [1.165, 1.54) is 0 Å². The highest BCUT2D eigenvalue weighted by atomic mass is 19.2. The molecule has 1 aliphatic carbocycles. The summed E-state index contributed by atoms with van der Waals surface area (Å²) in [6, 6.07) is 0. The molecule has 0 spiro atoms. The van der Waals surface area contributed by atoms with Crippen molar-refractivity contribution in [2.75, 3.05) is 6.61 Å². The standard InChI is InChI=1S/C31H36F8O3/c1-3-5-7-8-9-10-16-41-29-25(36)21(32)19(22(33)26(29)37)20-23(34)27(38)30(28(39)24(20)35)42-31(40)18-14-12-17(13-15-18)11-6-4-2/h17-18H,3-16H2,1-2H3. The minimum Gasteiger partial charge on any atom is -0.487 e. The zero-order valence-electron chi connectivity index (χ0n) is 23.8. The number of esters is 1. The molecule has 0 aromatic heterocycles. The molecular weight excluding hydrogens is 572 g/mol. The zero-order valence-corrected chi connectivity index (χ0v) is 23.8. The fourth-order valence-corrected chi connectivity index (χ4v) is 5.30. The molecule has 3 rings (SSSR count). The van der Waals surface area contributed by atoms with Gasteiger partial charge in [0, 0.05) is 0 Å². The van der Waals surface area contributed by atoms with Crippen LogP contribution in [0.2, 0.25) is 0 Å². The molecule has 0 aliphatic heterocycles. The van der Waals surface area contributed by atoms with Gasteiger partial charge in [-0.2, -0.15) is 17.6 Å². The summed E-state index contributed by atoms with van der Waals surface area (Å²) in [5.74, 6) is -22.9. The maximum Gasteiger partial charge on any atom is 0.314 e.